The van der Waals surface area contributed by atoms with E-state index in [4.69, 9.17) is 4.74 Å². The fourth-order valence-corrected chi connectivity index (χ4v) is 3.21. The monoisotopic (exact) mass is 178 g/mol. The quantitative estimate of drug-likeness (QED) is 0.419. The van der Waals surface area contributed by atoms with E-state index in [-0.39, 0.29) is 18.0 Å². The number of rotatable bonds is 0. The van der Waals surface area contributed by atoms with Crippen molar-refractivity contribution in [2.75, 3.05) is 0 Å². The van der Waals surface area contributed by atoms with Crippen molar-refractivity contribution in [1.29, 1.82) is 0 Å². The van der Waals surface area contributed by atoms with Crippen LogP contribution >= 0.6 is 0 Å². The molecule has 0 aromatic carbocycles. The number of carbonyl (C=O) groups excluding carboxylic acids is 1. The molecule has 0 amide bonds. The molecule has 3 atom stereocenters. The second-order valence-electron chi connectivity index (χ2n) is 4.49. The van der Waals surface area contributed by atoms with E-state index in [1.165, 1.54) is 12.0 Å². The predicted molar refractivity (Wildman–Crippen MR) is 48.0 cm³/mol. The number of hydrogen-bond donors (Lipinski definition) is 0. The van der Waals surface area contributed by atoms with E-state index in [2.05, 4.69) is 6.92 Å². The van der Waals surface area contributed by atoms with E-state index in [1.54, 1.807) is 5.57 Å². The summed E-state index contributed by atoms with van der Waals surface area (Å²) in [4.78, 5) is 11.5. The van der Waals surface area contributed by atoms with E-state index in [1.807, 2.05) is 0 Å². The van der Waals surface area contributed by atoms with Gasteiger partial charge in [-0.1, -0.05) is 11.1 Å². The van der Waals surface area contributed by atoms with Gasteiger partial charge in [0.05, 0.1) is 5.92 Å². The molecular weight excluding hydrogens is 164 g/mol. The highest BCUT2D eigenvalue weighted by Gasteiger charge is 2.51. The van der Waals surface area contributed by atoms with Gasteiger partial charge < -0.3 is 4.74 Å². The Morgan fingerprint density at radius 3 is 3.00 bits per heavy atom. The van der Waals surface area contributed by atoms with Gasteiger partial charge in [0.25, 0.3) is 0 Å². The fraction of sp³-hybridized carbons (Fsp3) is 0.727. The van der Waals surface area contributed by atoms with Crippen molar-refractivity contribution in [2.24, 2.45) is 11.8 Å². The number of hydrogen-bond acceptors (Lipinski definition) is 2. The van der Waals surface area contributed by atoms with E-state index < -0.39 is 0 Å². The maximum absolute atomic E-state index is 11.5. The van der Waals surface area contributed by atoms with Crippen molar-refractivity contribution in [3.63, 3.8) is 0 Å². The first kappa shape index (κ1) is 7.60. The highest BCUT2D eigenvalue weighted by Crippen LogP contribution is 2.50. The molecule has 1 aliphatic heterocycles. The van der Waals surface area contributed by atoms with Gasteiger partial charge in [-0.2, -0.15) is 0 Å². The van der Waals surface area contributed by atoms with Gasteiger partial charge in [-0.25, -0.2) is 0 Å². The SMILES string of the molecule is CC1=C2CCC3OC(=O)C(CC1)C23. The normalized spacial score (nSPS) is 42.2. The van der Waals surface area contributed by atoms with Crippen LogP contribution in [0.5, 0.6) is 0 Å². The van der Waals surface area contributed by atoms with Gasteiger partial charge in [-0.05, 0) is 32.6 Å². The summed E-state index contributed by atoms with van der Waals surface area (Å²) in [6.45, 7) is 2.22. The van der Waals surface area contributed by atoms with Gasteiger partial charge in [0.2, 0.25) is 0 Å². The van der Waals surface area contributed by atoms with Crippen LogP contribution in [-0.2, 0) is 9.53 Å². The van der Waals surface area contributed by atoms with Gasteiger partial charge in [-0.3, -0.25) is 4.79 Å². The molecule has 0 radical (unpaired) electrons. The summed E-state index contributed by atoms with van der Waals surface area (Å²) >= 11 is 0. The summed E-state index contributed by atoms with van der Waals surface area (Å²) in [5, 5.41) is 0. The summed E-state index contributed by atoms with van der Waals surface area (Å²) in [7, 11) is 0. The lowest BCUT2D eigenvalue weighted by molar-refractivity contribution is -0.144. The highest BCUT2D eigenvalue weighted by molar-refractivity contribution is 5.77. The molecule has 2 nitrogen and oxygen atoms in total. The summed E-state index contributed by atoms with van der Waals surface area (Å²) in [5.74, 6) is 0.757. The first-order valence-electron chi connectivity index (χ1n) is 5.16. The largest absolute Gasteiger partial charge is 0.461 e. The molecule has 1 saturated heterocycles. The molecule has 2 heteroatoms. The third-order valence-electron chi connectivity index (χ3n) is 3.88. The van der Waals surface area contributed by atoms with Gasteiger partial charge in [-0.15, -0.1) is 0 Å². The zero-order valence-electron chi connectivity index (χ0n) is 7.88. The van der Waals surface area contributed by atoms with Crippen LogP contribution in [0.4, 0.5) is 0 Å². The molecule has 1 heterocycles. The fourth-order valence-electron chi connectivity index (χ4n) is 3.21. The first-order valence-corrected chi connectivity index (χ1v) is 5.16. The summed E-state index contributed by atoms with van der Waals surface area (Å²) in [5.41, 5.74) is 3.08. The number of carbonyl (C=O) groups is 1. The number of ether oxygens (including phenoxy) is 1. The van der Waals surface area contributed by atoms with Crippen molar-refractivity contribution in [3.8, 4) is 0 Å². The maximum Gasteiger partial charge on any atom is 0.309 e. The second kappa shape index (κ2) is 2.37. The van der Waals surface area contributed by atoms with Crippen molar-refractivity contribution in [2.45, 2.75) is 38.7 Å². The van der Waals surface area contributed by atoms with E-state index in [9.17, 15) is 4.79 Å². The average molecular weight is 178 g/mol. The minimum atomic E-state index is 0.0692. The van der Waals surface area contributed by atoms with Crippen molar-refractivity contribution in [3.05, 3.63) is 11.1 Å². The van der Waals surface area contributed by atoms with E-state index >= 15 is 0 Å². The van der Waals surface area contributed by atoms with Crippen molar-refractivity contribution < 1.29 is 9.53 Å². The molecule has 13 heavy (non-hydrogen) atoms. The molecule has 3 unspecified atom stereocenters. The third-order valence-corrected chi connectivity index (χ3v) is 3.88. The Labute approximate surface area is 78.0 Å². The van der Waals surface area contributed by atoms with Crippen molar-refractivity contribution in [1.82, 2.24) is 0 Å². The molecule has 0 aromatic heterocycles. The predicted octanol–water partition coefficient (Wildman–Crippen LogP) is 2.05. The Kier molecular flexibility index (Phi) is 1.38. The van der Waals surface area contributed by atoms with Crippen LogP contribution in [0.25, 0.3) is 0 Å². The van der Waals surface area contributed by atoms with E-state index in [0.29, 0.717) is 5.92 Å². The van der Waals surface area contributed by atoms with Crippen LogP contribution in [-0.4, -0.2) is 12.1 Å². The topological polar surface area (TPSA) is 26.3 Å². The Balaban J connectivity index is 2.06. The molecular formula is C11H14O2. The van der Waals surface area contributed by atoms with E-state index in [0.717, 1.165) is 19.3 Å². The lowest BCUT2D eigenvalue weighted by atomic mass is 9.78. The molecule has 0 N–H and O–H groups in total. The number of allylic oxidation sites excluding steroid dienone is 1. The Bertz CT molecular complexity index is 303. The van der Waals surface area contributed by atoms with Gasteiger partial charge in [0.15, 0.2) is 0 Å². The average Bonchev–Trinajstić information content (AvgIpc) is 2.61. The smallest absolute Gasteiger partial charge is 0.309 e. The number of esters is 1. The summed E-state index contributed by atoms with van der Waals surface area (Å²) < 4.78 is 5.37. The molecule has 0 bridgehead atoms. The first-order chi connectivity index (χ1) is 6.27. The van der Waals surface area contributed by atoms with Crippen LogP contribution in [0, 0.1) is 11.8 Å². The molecule has 0 aromatic rings. The van der Waals surface area contributed by atoms with Crippen LogP contribution in [0.3, 0.4) is 0 Å². The van der Waals surface area contributed by atoms with Gasteiger partial charge >= 0.3 is 5.97 Å². The van der Waals surface area contributed by atoms with Gasteiger partial charge in [0.1, 0.15) is 6.10 Å². The van der Waals surface area contributed by atoms with Crippen LogP contribution in [0.15, 0.2) is 11.1 Å². The Morgan fingerprint density at radius 2 is 2.15 bits per heavy atom. The zero-order chi connectivity index (χ0) is 9.00. The summed E-state index contributed by atoms with van der Waals surface area (Å²) in [6, 6.07) is 0. The molecule has 2 fully saturated rings. The maximum atomic E-state index is 11.5. The third kappa shape index (κ3) is 0.862. The lowest BCUT2D eigenvalue weighted by Gasteiger charge is -2.23. The Morgan fingerprint density at radius 1 is 1.31 bits per heavy atom. The lowest BCUT2D eigenvalue weighted by Crippen LogP contribution is -2.22. The molecule has 3 aliphatic rings. The summed E-state index contributed by atoms with van der Waals surface area (Å²) in [6.07, 6.45) is 4.61. The van der Waals surface area contributed by atoms with Gasteiger partial charge in [0, 0.05) is 5.92 Å². The zero-order valence-corrected chi connectivity index (χ0v) is 7.88. The highest BCUT2D eigenvalue weighted by atomic mass is 16.6. The molecule has 2 aliphatic carbocycles. The van der Waals surface area contributed by atoms with Crippen molar-refractivity contribution >= 4 is 5.97 Å². The Hall–Kier alpha value is -0.790. The van der Waals surface area contributed by atoms with Crippen LogP contribution in [0.2, 0.25) is 0 Å². The molecule has 3 rings (SSSR count). The minimum absolute atomic E-state index is 0.0692. The van der Waals surface area contributed by atoms with Crippen LogP contribution in [0.1, 0.15) is 32.6 Å². The standard InChI is InChI=1S/C11H14O2/c1-6-2-3-8-10-7(6)4-5-9(10)13-11(8)12/h8-10H,2-5H2,1H3. The molecule has 70 valence electrons. The second-order valence-corrected chi connectivity index (χ2v) is 4.49. The van der Waals surface area contributed by atoms with Crippen LogP contribution < -0.4 is 0 Å². The molecule has 1 saturated carbocycles. The minimum Gasteiger partial charge on any atom is -0.461 e. The molecule has 0 spiro atoms.